The van der Waals surface area contributed by atoms with Gasteiger partial charge >= 0.3 is 0 Å². The number of halogens is 4. The van der Waals surface area contributed by atoms with Crippen molar-refractivity contribution >= 4 is 39.9 Å². The number of rotatable bonds is 6. The molecule has 1 unspecified atom stereocenters. The second-order valence-corrected chi connectivity index (χ2v) is 10.6. The van der Waals surface area contributed by atoms with Crippen LogP contribution in [-0.2, 0) is 6.42 Å². The highest BCUT2D eigenvalue weighted by atomic mass is 127. The Kier molecular flexibility index (Phi) is 6.52. The summed E-state index contributed by atoms with van der Waals surface area (Å²) in [4.78, 5) is 14.6. The van der Waals surface area contributed by atoms with E-state index < -0.39 is 34.6 Å². The minimum Gasteiger partial charge on any atom is -0.386 e. The van der Waals surface area contributed by atoms with E-state index in [2.05, 4.69) is 17.4 Å². The number of nitrogens with one attached hydrogen (secondary N) is 1. The standard InChI is InChI=1S/C27H24F3IN2O2/c28-21-9-8-20(25(24(21)30)32-23-10-7-18(31)13-22(23)29)26(34)33-14-27(35,15-33)12-11-17-6-5-16-3-1-2-4-19(16)17/h1-4,7-10,13,17,32,35H,5-6,11-12,14-15H2. The number of fused-ring (bicyclic) bond motifs is 1. The quantitative estimate of drug-likeness (QED) is 0.338. The summed E-state index contributed by atoms with van der Waals surface area (Å²) >= 11 is 1.94. The summed E-state index contributed by atoms with van der Waals surface area (Å²) in [5.41, 5.74) is 1.07. The molecule has 5 rings (SSSR count). The number of β-amino-alcohol motifs (C(OH)–C–C–N with tert-alkyl or cyclic N) is 1. The normalized spacial score (nSPS) is 18.2. The number of aryl methyl sites for hydroxylation is 1. The zero-order chi connectivity index (χ0) is 24.7. The van der Waals surface area contributed by atoms with Crippen LogP contribution in [0.15, 0.2) is 54.6 Å². The van der Waals surface area contributed by atoms with Gasteiger partial charge in [-0.1, -0.05) is 24.3 Å². The Morgan fingerprint density at radius 2 is 1.86 bits per heavy atom. The third-order valence-corrected chi connectivity index (χ3v) is 7.66. The van der Waals surface area contributed by atoms with Crippen molar-refractivity contribution in [2.45, 2.75) is 37.2 Å². The fourth-order valence-electron chi connectivity index (χ4n) is 5.10. The van der Waals surface area contributed by atoms with Crippen LogP contribution in [0.3, 0.4) is 0 Å². The maximum absolute atomic E-state index is 14.7. The molecule has 3 aromatic carbocycles. The van der Waals surface area contributed by atoms with Crippen LogP contribution in [0.2, 0.25) is 0 Å². The van der Waals surface area contributed by atoms with Gasteiger partial charge in [-0.15, -0.1) is 0 Å². The van der Waals surface area contributed by atoms with E-state index in [0.717, 1.165) is 25.3 Å². The van der Waals surface area contributed by atoms with Crippen molar-refractivity contribution in [3.05, 3.63) is 92.3 Å². The molecular formula is C27H24F3IN2O2. The van der Waals surface area contributed by atoms with Gasteiger partial charge in [-0.25, -0.2) is 13.2 Å². The minimum absolute atomic E-state index is 0.0686. The molecule has 1 aliphatic carbocycles. The SMILES string of the molecule is O=C(c1ccc(F)c(F)c1Nc1ccc(I)cc1F)N1CC(O)(CCC2CCc3ccccc32)C1. The summed E-state index contributed by atoms with van der Waals surface area (Å²) < 4.78 is 43.7. The van der Waals surface area contributed by atoms with E-state index in [1.54, 1.807) is 6.07 Å². The van der Waals surface area contributed by atoms with Crippen LogP contribution >= 0.6 is 22.6 Å². The number of hydrogen-bond donors (Lipinski definition) is 2. The molecule has 1 heterocycles. The summed E-state index contributed by atoms with van der Waals surface area (Å²) in [5, 5.41) is 13.5. The van der Waals surface area contributed by atoms with E-state index in [-0.39, 0.29) is 24.3 Å². The summed E-state index contributed by atoms with van der Waals surface area (Å²) in [6, 6.07) is 14.7. The first kappa shape index (κ1) is 24.1. The molecular weight excluding hydrogens is 568 g/mol. The average molecular weight is 592 g/mol. The lowest BCUT2D eigenvalue weighted by Gasteiger charge is -2.47. The molecule has 3 aromatic rings. The van der Waals surface area contributed by atoms with Gasteiger partial charge in [0.15, 0.2) is 11.6 Å². The molecule has 1 amide bonds. The summed E-state index contributed by atoms with van der Waals surface area (Å²) in [5.74, 6) is -3.21. The van der Waals surface area contributed by atoms with Crippen LogP contribution in [0, 0.1) is 21.0 Å². The molecule has 0 bridgehead atoms. The molecule has 8 heteroatoms. The first-order chi connectivity index (χ1) is 16.7. The van der Waals surface area contributed by atoms with Crippen molar-refractivity contribution in [2.75, 3.05) is 18.4 Å². The van der Waals surface area contributed by atoms with Crippen LogP contribution in [0.1, 0.15) is 46.7 Å². The Morgan fingerprint density at radius 1 is 1.09 bits per heavy atom. The van der Waals surface area contributed by atoms with E-state index >= 15 is 0 Å². The number of likely N-dealkylation sites (tertiary alicyclic amines) is 1. The van der Waals surface area contributed by atoms with Gasteiger partial charge in [0.1, 0.15) is 5.82 Å². The fourth-order valence-corrected chi connectivity index (χ4v) is 5.55. The van der Waals surface area contributed by atoms with Gasteiger partial charge in [0.25, 0.3) is 5.91 Å². The molecule has 1 aliphatic heterocycles. The summed E-state index contributed by atoms with van der Waals surface area (Å²) in [6.45, 7) is 0.215. The van der Waals surface area contributed by atoms with Gasteiger partial charge in [-0.3, -0.25) is 4.79 Å². The zero-order valence-corrected chi connectivity index (χ0v) is 21.0. The lowest BCUT2D eigenvalue weighted by molar-refractivity contribution is -0.0875. The molecule has 0 spiro atoms. The van der Waals surface area contributed by atoms with Gasteiger partial charge in [0.05, 0.1) is 35.6 Å². The molecule has 2 N–H and O–H groups in total. The Hall–Kier alpha value is -2.59. The first-order valence-corrected chi connectivity index (χ1v) is 12.6. The van der Waals surface area contributed by atoms with E-state index in [9.17, 15) is 23.1 Å². The number of hydrogen-bond acceptors (Lipinski definition) is 3. The van der Waals surface area contributed by atoms with Crippen molar-refractivity contribution in [1.29, 1.82) is 0 Å². The number of carbonyl (C=O) groups is 1. The molecule has 0 radical (unpaired) electrons. The third-order valence-electron chi connectivity index (χ3n) is 6.99. The van der Waals surface area contributed by atoms with Crippen LogP contribution < -0.4 is 5.32 Å². The van der Waals surface area contributed by atoms with Crippen molar-refractivity contribution in [3.63, 3.8) is 0 Å². The van der Waals surface area contributed by atoms with Crippen LogP contribution in [0.4, 0.5) is 24.5 Å². The highest BCUT2D eigenvalue weighted by molar-refractivity contribution is 14.1. The molecule has 2 aliphatic rings. The maximum atomic E-state index is 14.7. The monoisotopic (exact) mass is 592 g/mol. The van der Waals surface area contributed by atoms with E-state index in [0.29, 0.717) is 15.9 Å². The smallest absolute Gasteiger partial charge is 0.256 e. The topological polar surface area (TPSA) is 52.6 Å². The molecule has 1 atom stereocenters. The van der Waals surface area contributed by atoms with Crippen molar-refractivity contribution < 1.29 is 23.1 Å². The average Bonchev–Trinajstić information content (AvgIpc) is 3.23. The Labute approximate surface area is 215 Å². The molecule has 1 fully saturated rings. The predicted octanol–water partition coefficient (Wildman–Crippen LogP) is 6.15. The lowest BCUT2D eigenvalue weighted by Crippen LogP contribution is -2.63. The third kappa shape index (κ3) is 4.78. The van der Waals surface area contributed by atoms with Gasteiger partial charge < -0.3 is 15.3 Å². The van der Waals surface area contributed by atoms with Crippen LogP contribution in [0.25, 0.3) is 0 Å². The molecule has 4 nitrogen and oxygen atoms in total. The Morgan fingerprint density at radius 3 is 2.63 bits per heavy atom. The van der Waals surface area contributed by atoms with E-state index in [1.807, 2.05) is 34.7 Å². The van der Waals surface area contributed by atoms with Gasteiger partial charge in [-0.2, -0.15) is 0 Å². The Bertz CT molecular complexity index is 1290. The highest BCUT2D eigenvalue weighted by Gasteiger charge is 2.44. The molecule has 182 valence electrons. The van der Waals surface area contributed by atoms with Crippen molar-refractivity contribution in [1.82, 2.24) is 4.90 Å². The van der Waals surface area contributed by atoms with E-state index in [1.165, 1.54) is 34.2 Å². The number of amides is 1. The zero-order valence-electron chi connectivity index (χ0n) is 18.8. The molecule has 0 saturated carbocycles. The molecule has 0 aromatic heterocycles. The van der Waals surface area contributed by atoms with E-state index in [4.69, 9.17) is 0 Å². The lowest BCUT2D eigenvalue weighted by atomic mass is 9.84. The fraction of sp³-hybridized carbons (Fsp3) is 0.296. The van der Waals surface area contributed by atoms with Gasteiger partial charge in [-0.05, 0) is 95.7 Å². The predicted molar refractivity (Wildman–Crippen MR) is 136 cm³/mol. The number of benzene rings is 3. The van der Waals surface area contributed by atoms with Gasteiger partial charge in [0.2, 0.25) is 0 Å². The largest absolute Gasteiger partial charge is 0.386 e. The number of nitrogens with zero attached hydrogens (tertiary/aromatic N) is 1. The molecule has 1 saturated heterocycles. The van der Waals surface area contributed by atoms with Crippen LogP contribution in [-0.4, -0.2) is 34.6 Å². The summed E-state index contributed by atoms with van der Waals surface area (Å²) in [7, 11) is 0. The summed E-state index contributed by atoms with van der Waals surface area (Å²) in [6.07, 6.45) is 3.46. The number of anilines is 2. The second-order valence-electron chi connectivity index (χ2n) is 9.39. The second kappa shape index (κ2) is 9.46. The molecule has 35 heavy (non-hydrogen) atoms. The van der Waals surface area contributed by atoms with Crippen molar-refractivity contribution in [2.24, 2.45) is 0 Å². The maximum Gasteiger partial charge on any atom is 0.256 e. The van der Waals surface area contributed by atoms with Gasteiger partial charge in [0, 0.05) is 3.57 Å². The van der Waals surface area contributed by atoms with Crippen LogP contribution in [0.5, 0.6) is 0 Å². The minimum atomic E-state index is -1.26. The number of aliphatic hydroxyl groups is 1. The highest BCUT2D eigenvalue weighted by Crippen LogP contribution is 2.39. The van der Waals surface area contributed by atoms with Crippen molar-refractivity contribution in [3.8, 4) is 0 Å². The Balaban J connectivity index is 1.28. The first-order valence-electron chi connectivity index (χ1n) is 11.5. The number of carbonyl (C=O) groups excluding carboxylic acids is 1.